The highest BCUT2D eigenvalue weighted by Crippen LogP contribution is 2.47. The van der Waals surface area contributed by atoms with Crippen molar-refractivity contribution in [2.24, 2.45) is 0 Å². The maximum atomic E-state index is 12.0. The Kier molecular flexibility index (Phi) is 4.57. The Bertz CT molecular complexity index is 675. The minimum atomic E-state index is -2.62. The summed E-state index contributed by atoms with van der Waals surface area (Å²) in [6, 6.07) is 5.38. The van der Waals surface area contributed by atoms with E-state index in [9.17, 15) is 13.6 Å². The first kappa shape index (κ1) is 17.2. The molecule has 0 saturated heterocycles. The van der Waals surface area contributed by atoms with Crippen molar-refractivity contribution in [2.75, 3.05) is 11.4 Å². The maximum absolute atomic E-state index is 12.0. The standard InChI is InChI=1S/C17H23NO5S/c1-17(2,16(19)22-3)18(24(20)21)11-8-9-13-12-6-4-5-7-14(12)23-15(13)10-11/h8-10,12,14H,4-7H2,1-3H3,(H,20,21)/p-1. The number of ether oxygens (including phenoxy) is 2. The summed E-state index contributed by atoms with van der Waals surface area (Å²) < 4.78 is 35.4. The first-order chi connectivity index (χ1) is 11.4. The monoisotopic (exact) mass is 352 g/mol. The second-order valence-corrected chi connectivity index (χ2v) is 7.63. The Morgan fingerprint density at radius 1 is 1.38 bits per heavy atom. The lowest BCUT2D eigenvalue weighted by molar-refractivity contribution is -0.145. The van der Waals surface area contributed by atoms with Gasteiger partial charge in [-0.15, -0.1) is 0 Å². The van der Waals surface area contributed by atoms with Crippen molar-refractivity contribution in [1.29, 1.82) is 0 Å². The summed E-state index contributed by atoms with van der Waals surface area (Å²) in [5.41, 5.74) is 0.188. The van der Waals surface area contributed by atoms with Crippen LogP contribution in [0.15, 0.2) is 18.2 Å². The number of esters is 1. The van der Waals surface area contributed by atoms with Crippen LogP contribution in [0.1, 0.15) is 51.0 Å². The van der Waals surface area contributed by atoms with Crippen molar-refractivity contribution in [1.82, 2.24) is 0 Å². The zero-order valence-corrected chi connectivity index (χ0v) is 14.9. The number of hydrogen-bond donors (Lipinski definition) is 0. The zero-order valence-electron chi connectivity index (χ0n) is 14.1. The molecule has 2 aliphatic rings. The predicted molar refractivity (Wildman–Crippen MR) is 89.6 cm³/mol. The van der Waals surface area contributed by atoms with Crippen LogP contribution in [0.4, 0.5) is 5.69 Å². The largest absolute Gasteiger partial charge is 0.755 e. The number of hydrogen-bond acceptors (Lipinski definition) is 5. The van der Waals surface area contributed by atoms with Gasteiger partial charge in [0, 0.05) is 28.8 Å². The number of methoxy groups -OCH3 is 1. The molecule has 132 valence electrons. The van der Waals surface area contributed by atoms with Gasteiger partial charge in [0.1, 0.15) is 17.4 Å². The van der Waals surface area contributed by atoms with Crippen LogP contribution in [0.25, 0.3) is 0 Å². The summed E-state index contributed by atoms with van der Waals surface area (Å²) in [5, 5.41) is 0. The highest BCUT2D eigenvalue weighted by molar-refractivity contribution is 7.80. The van der Waals surface area contributed by atoms with Crippen LogP contribution < -0.4 is 9.04 Å². The molecule has 0 N–H and O–H groups in total. The number of rotatable bonds is 4. The van der Waals surface area contributed by atoms with Gasteiger partial charge in [-0.1, -0.05) is 12.5 Å². The summed E-state index contributed by atoms with van der Waals surface area (Å²) in [4.78, 5) is 12.0. The van der Waals surface area contributed by atoms with Gasteiger partial charge in [-0.25, -0.2) is 4.79 Å². The van der Waals surface area contributed by atoms with Crippen LogP contribution in [0.3, 0.4) is 0 Å². The van der Waals surface area contributed by atoms with E-state index in [2.05, 4.69) is 0 Å². The second kappa shape index (κ2) is 6.37. The van der Waals surface area contributed by atoms with Gasteiger partial charge in [0.25, 0.3) is 0 Å². The SMILES string of the molecule is COC(=O)C(C)(C)N(c1ccc2c(c1)OC1CCCCC21)S(=O)[O-]. The van der Waals surface area contributed by atoms with E-state index in [1.165, 1.54) is 27.4 Å². The average molecular weight is 352 g/mol. The fourth-order valence-electron chi connectivity index (χ4n) is 3.74. The van der Waals surface area contributed by atoms with E-state index in [-0.39, 0.29) is 6.10 Å². The normalized spacial score (nSPS) is 23.7. The van der Waals surface area contributed by atoms with E-state index in [4.69, 9.17) is 9.47 Å². The molecule has 1 aliphatic heterocycles. The second-order valence-electron chi connectivity index (χ2n) is 6.83. The molecule has 0 spiro atoms. The van der Waals surface area contributed by atoms with E-state index >= 15 is 0 Å². The molecule has 0 amide bonds. The third kappa shape index (κ3) is 2.80. The molecule has 1 saturated carbocycles. The molecule has 1 aliphatic carbocycles. The van der Waals surface area contributed by atoms with Crippen LogP contribution in [0.5, 0.6) is 5.75 Å². The third-order valence-corrected chi connectivity index (χ3v) is 5.92. The molecule has 6 nitrogen and oxygen atoms in total. The summed E-state index contributed by atoms with van der Waals surface area (Å²) in [6.07, 6.45) is 4.66. The molecule has 1 heterocycles. The Morgan fingerprint density at radius 3 is 2.75 bits per heavy atom. The maximum Gasteiger partial charge on any atom is 0.332 e. The van der Waals surface area contributed by atoms with E-state index < -0.39 is 22.8 Å². The van der Waals surface area contributed by atoms with Crippen molar-refractivity contribution >= 4 is 22.9 Å². The van der Waals surface area contributed by atoms with E-state index in [1.807, 2.05) is 6.07 Å². The Labute approximate surface area is 144 Å². The van der Waals surface area contributed by atoms with E-state index in [1.54, 1.807) is 12.1 Å². The van der Waals surface area contributed by atoms with Crippen LogP contribution in [-0.4, -0.2) is 33.5 Å². The molecule has 3 unspecified atom stereocenters. The molecule has 0 aromatic heterocycles. The van der Waals surface area contributed by atoms with Crippen molar-refractivity contribution < 1.29 is 23.0 Å². The molecule has 1 fully saturated rings. The van der Waals surface area contributed by atoms with Gasteiger partial charge in [0.2, 0.25) is 0 Å². The molecule has 1 aromatic rings. The molecule has 1 aromatic carbocycles. The van der Waals surface area contributed by atoms with Crippen LogP contribution in [0, 0.1) is 0 Å². The number of fused-ring (bicyclic) bond motifs is 3. The van der Waals surface area contributed by atoms with Crippen molar-refractivity contribution in [3.63, 3.8) is 0 Å². The molecule has 3 atom stereocenters. The van der Waals surface area contributed by atoms with Gasteiger partial charge in [0.15, 0.2) is 0 Å². The van der Waals surface area contributed by atoms with Gasteiger partial charge >= 0.3 is 5.97 Å². The van der Waals surface area contributed by atoms with Crippen LogP contribution >= 0.6 is 0 Å². The molecule has 0 radical (unpaired) electrons. The summed E-state index contributed by atoms with van der Waals surface area (Å²) in [7, 11) is 1.24. The lowest BCUT2D eigenvalue weighted by Gasteiger charge is -2.38. The zero-order chi connectivity index (χ0) is 17.5. The van der Waals surface area contributed by atoms with Gasteiger partial charge < -0.3 is 14.0 Å². The number of benzene rings is 1. The molecular formula is C17H22NO5S-. The lowest BCUT2D eigenvalue weighted by Crippen LogP contribution is -2.51. The Hall–Kier alpha value is -1.60. The smallest absolute Gasteiger partial charge is 0.332 e. The third-order valence-electron chi connectivity index (χ3n) is 4.95. The number of carbonyl (C=O) groups excluding carboxylic acids is 1. The fourth-order valence-corrected chi connectivity index (χ4v) is 4.48. The fraction of sp³-hybridized carbons (Fsp3) is 0.588. The van der Waals surface area contributed by atoms with Gasteiger partial charge in [-0.3, -0.25) is 8.51 Å². The summed E-state index contributed by atoms with van der Waals surface area (Å²) in [5.74, 6) is 0.491. The van der Waals surface area contributed by atoms with Gasteiger partial charge in [-0.2, -0.15) is 0 Å². The first-order valence-corrected chi connectivity index (χ1v) is 9.18. The number of anilines is 1. The minimum absolute atomic E-state index is 0.184. The predicted octanol–water partition coefficient (Wildman–Crippen LogP) is 2.66. The summed E-state index contributed by atoms with van der Waals surface area (Å²) in [6.45, 7) is 3.03. The lowest BCUT2D eigenvalue weighted by atomic mass is 9.83. The average Bonchev–Trinajstić information content (AvgIpc) is 2.91. The highest BCUT2D eigenvalue weighted by atomic mass is 32.2. The van der Waals surface area contributed by atoms with E-state index in [0.29, 0.717) is 11.6 Å². The molecule has 3 rings (SSSR count). The van der Waals surface area contributed by atoms with Gasteiger partial charge in [0.05, 0.1) is 12.8 Å². The molecule has 24 heavy (non-hydrogen) atoms. The minimum Gasteiger partial charge on any atom is -0.755 e. The van der Waals surface area contributed by atoms with Crippen LogP contribution in [-0.2, 0) is 20.8 Å². The van der Waals surface area contributed by atoms with Crippen LogP contribution in [0.2, 0.25) is 0 Å². The highest BCUT2D eigenvalue weighted by Gasteiger charge is 2.40. The summed E-state index contributed by atoms with van der Waals surface area (Å²) >= 11 is -2.62. The van der Waals surface area contributed by atoms with Gasteiger partial charge in [-0.05, 0) is 39.2 Å². The topological polar surface area (TPSA) is 78.9 Å². The Morgan fingerprint density at radius 2 is 2.08 bits per heavy atom. The Balaban J connectivity index is 1.97. The van der Waals surface area contributed by atoms with Crippen molar-refractivity contribution in [3.05, 3.63) is 23.8 Å². The van der Waals surface area contributed by atoms with E-state index in [0.717, 1.165) is 34.9 Å². The molecule has 7 heteroatoms. The first-order valence-electron chi connectivity index (χ1n) is 8.15. The number of carbonyl (C=O) groups is 1. The van der Waals surface area contributed by atoms with Crippen molar-refractivity contribution in [2.45, 2.75) is 57.1 Å². The quantitative estimate of drug-likeness (QED) is 0.615. The molecule has 0 bridgehead atoms. The number of nitrogens with zero attached hydrogens (tertiary/aromatic N) is 1. The molecular weight excluding hydrogens is 330 g/mol. The van der Waals surface area contributed by atoms with Crippen molar-refractivity contribution in [3.8, 4) is 5.75 Å².